The van der Waals surface area contributed by atoms with E-state index in [0.29, 0.717) is 5.41 Å². The van der Waals surface area contributed by atoms with Crippen LogP contribution in [0.4, 0.5) is 0 Å². The van der Waals surface area contributed by atoms with Crippen LogP contribution >= 0.6 is 0 Å². The van der Waals surface area contributed by atoms with Gasteiger partial charge in [-0.2, -0.15) is 0 Å². The average Bonchev–Trinajstić information content (AvgIpc) is 2.64. The lowest BCUT2D eigenvalue weighted by Crippen LogP contribution is -2.18. The first-order chi connectivity index (χ1) is 4.69. The van der Waals surface area contributed by atoms with Gasteiger partial charge in [-0.25, -0.2) is 0 Å². The smallest absolute Gasteiger partial charge is 0.0593 e. The SMILES string of the molecule is CCCCC(O)C1(C)CC1. The Kier molecular flexibility index (Phi) is 2.35. The van der Waals surface area contributed by atoms with Gasteiger partial charge in [0, 0.05) is 0 Å². The van der Waals surface area contributed by atoms with Crippen LogP contribution in [-0.4, -0.2) is 11.2 Å². The van der Waals surface area contributed by atoms with Gasteiger partial charge in [0.25, 0.3) is 0 Å². The molecule has 0 aromatic rings. The molecule has 1 rings (SSSR count). The molecule has 0 heterocycles. The van der Waals surface area contributed by atoms with E-state index in [0.717, 1.165) is 6.42 Å². The number of aliphatic hydroxyl groups excluding tert-OH is 1. The normalized spacial score (nSPS) is 24.3. The number of hydrogen-bond donors (Lipinski definition) is 1. The molecule has 0 aliphatic heterocycles. The standard InChI is InChI=1S/C9H18O/c1-3-4-5-8(10)9(2)6-7-9/h8,10H,3-7H2,1-2H3. The van der Waals surface area contributed by atoms with Crippen molar-refractivity contribution in [3.63, 3.8) is 0 Å². The molecule has 0 aromatic carbocycles. The predicted octanol–water partition coefficient (Wildman–Crippen LogP) is 2.34. The summed E-state index contributed by atoms with van der Waals surface area (Å²) in [6, 6.07) is 0. The quantitative estimate of drug-likeness (QED) is 0.638. The first-order valence-corrected chi connectivity index (χ1v) is 4.37. The summed E-state index contributed by atoms with van der Waals surface area (Å²) in [5.41, 5.74) is 0.315. The highest BCUT2D eigenvalue weighted by Crippen LogP contribution is 2.49. The highest BCUT2D eigenvalue weighted by atomic mass is 16.3. The van der Waals surface area contributed by atoms with E-state index in [-0.39, 0.29) is 6.10 Å². The van der Waals surface area contributed by atoms with E-state index in [1.807, 2.05) is 0 Å². The minimum atomic E-state index is -0.0209. The van der Waals surface area contributed by atoms with Crippen LogP contribution in [0.2, 0.25) is 0 Å². The molecule has 1 fully saturated rings. The molecule has 1 unspecified atom stereocenters. The highest BCUT2D eigenvalue weighted by Gasteiger charge is 2.43. The molecule has 0 bridgehead atoms. The molecule has 0 saturated heterocycles. The van der Waals surface area contributed by atoms with E-state index in [9.17, 15) is 5.11 Å². The monoisotopic (exact) mass is 142 g/mol. The molecule has 1 heteroatoms. The van der Waals surface area contributed by atoms with E-state index < -0.39 is 0 Å². The summed E-state index contributed by atoms with van der Waals surface area (Å²) in [4.78, 5) is 0. The fourth-order valence-corrected chi connectivity index (χ4v) is 1.28. The number of aliphatic hydroxyl groups is 1. The molecule has 0 amide bonds. The summed E-state index contributed by atoms with van der Waals surface area (Å²) in [7, 11) is 0. The van der Waals surface area contributed by atoms with Gasteiger partial charge in [-0.3, -0.25) is 0 Å². The fraction of sp³-hybridized carbons (Fsp3) is 1.00. The zero-order valence-corrected chi connectivity index (χ0v) is 7.06. The van der Waals surface area contributed by atoms with Crippen molar-refractivity contribution in [1.29, 1.82) is 0 Å². The second-order valence-corrected chi connectivity index (χ2v) is 3.81. The molecular weight excluding hydrogens is 124 g/mol. The third-order valence-electron chi connectivity index (χ3n) is 2.67. The largest absolute Gasteiger partial charge is 0.393 e. The molecule has 0 spiro atoms. The van der Waals surface area contributed by atoms with Gasteiger partial charge in [-0.15, -0.1) is 0 Å². The van der Waals surface area contributed by atoms with E-state index in [1.54, 1.807) is 0 Å². The molecule has 60 valence electrons. The Hall–Kier alpha value is -0.0400. The Morgan fingerprint density at radius 1 is 1.50 bits per heavy atom. The van der Waals surface area contributed by atoms with Crippen LogP contribution in [0.15, 0.2) is 0 Å². The minimum absolute atomic E-state index is 0.0209. The third-order valence-corrected chi connectivity index (χ3v) is 2.67. The lowest BCUT2D eigenvalue weighted by molar-refractivity contribution is 0.0919. The summed E-state index contributed by atoms with van der Waals surface area (Å²) in [6.07, 6.45) is 5.83. The van der Waals surface area contributed by atoms with Gasteiger partial charge in [0.1, 0.15) is 0 Å². The molecule has 0 radical (unpaired) electrons. The molecule has 10 heavy (non-hydrogen) atoms. The fourth-order valence-electron chi connectivity index (χ4n) is 1.28. The van der Waals surface area contributed by atoms with Crippen molar-refractivity contribution >= 4 is 0 Å². The van der Waals surface area contributed by atoms with Crippen LogP contribution in [0.3, 0.4) is 0 Å². The number of rotatable bonds is 4. The van der Waals surface area contributed by atoms with Crippen LogP contribution < -0.4 is 0 Å². The molecular formula is C9H18O. The summed E-state index contributed by atoms with van der Waals surface area (Å²) in [6.45, 7) is 4.36. The molecule has 0 aromatic heterocycles. The second-order valence-electron chi connectivity index (χ2n) is 3.81. The van der Waals surface area contributed by atoms with Crippen LogP contribution in [0.1, 0.15) is 46.0 Å². The van der Waals surface area contributed by atoms with Crippen LogP contribution in [-0.2, 0) is 0 Å². The maximum absolute atomic E-state index is 9.58. The molecule has 1 nitrogen and oxygen atoms in total. The van der Waals surface area contributed by atoms with Gasteiger partial charge in [0.2, 0.25) is 0 Å². The summed E-state index contributed by atoms with van der Waals surface area (Å²) in [5.74, 6) is 0. The van der Waals surface area contributed by atoms with Crippen molar-refractivity contribution in [1.82, 2.24) is 0 Å². The lowest BCUT2D eigenvalue weighted by Gasteiger charge is -2.16. The maximum Gasteiger partial charge on any atom is 0.0593 e. The molecule has 1 N–H and O–H groups in total. The second kappa shape index (κ2) is 2.91. The van der Waals surface area contributed by atoms with E-state index >= 15 is 0 Å². The van der Waals surface area contributed by atoms with Crippen molar-refractivity contribution < 1.29 is 5.11 Å². The zero-order chi connectivity index (χ0) is 7.61. The van der Waals surface area contributed by atoms with Gasteiger partial charge in [0.05, 0.1) is 6.10 Å². The third kappa shape index (κ3) is 1.72. The van der Waals surface area contributed by atoms with E-state index in [4.69, 9.17) is 0 Å². The minimum Gasteiger partial charge on any atom is -0.393 e. The Balaban J connectivity index is 2.15. The van der Waals surface area contributed by atoms with Crippen molar-refractivity contribution in [3.8, 4) is 0 Å². The Morgan fingerprint density at radius 2 is 2.10 bits per heavy atom. The number of hydrogen-bond acceptors (Lipinski definition) is 1. The maximum atomic E-state index is 9.58. The van der Waals surface area contributed by atoms with Crippen molar-refractivity contribution in [2.24, 2.45) is 5.41 Å². The van der Waals surface area contributed by atoms with Crippen molar-refractivity contribution in [2.45, 2.75) is 52.1 Å². The Morgan fingerprint density at radius 3 is 2.50 bits per heavy atom. The van der Waals surface area contributed by atoms with Gasteiger partial charge in [0.15, 0.2) is 0 Å². The molecule has 1 aliphatic carbocycles. The van der Waals surface area contributed by atoms with Crippen molar-refractivity contribution in [2.75, 3.05) is 0 Å². The Labute approximate surface area is 63.4 Å². The van der Waals surface area contributed by atoms with Crippen LogP contribution in [0, 0.1) is 5.41 Å². The van der Waals surface area contributed by atoms with Crippen LogP contribution in [0.25, 0.3) is 0 Å². The van der Waals surface area contributed by atoms with Gasteiger partial charge >= 0.3 is 0 Å². The molecule has 1 aliphatic rings. The van der Waals surface area contributed by atoms with E-state index in [1.165, 1.54) is 25.7 Å². The zero-order valence-electron chi connectivity index (χ0n) is 7.06. The number of unbranched alkanes of at least 4 members (excludes halogenated alkanes) is 1. The summed E-state index contributed by atoms with van der Waals surface area (Å²) in [5, 5.41) is 9.58. The molecule has 1 atom stereocenters. The van der Waals surface area contributed by atoms with Crippen LogP contribution in [0.5, 0.6) is 0 Å². The summed E-state index contributed by atoms with van der Waals surface area (Å²) < 4.78 is 0. The molecule has 1 saturated carbocycles. The lowest BCUT2D eigenvalue weighted by atomic mass is 9.97. The van der Waals surface area contributed by atoms with Gasteiger partial charge in [-0.1, -0.05) is 26.7 Å². The highest BCUT2D eigenvalue weighted by molar-refractivity contribution is 4.94. The van der Waals surface area contributed by atoms with Crippen molar-refractivity contribution in [3.05, 3.63) is 0 Å². The average molecular weight is 142 g/mol. The van der Waals surface area contributed by atoms with Gasteiger partial charge < -0.3 is 5.11 Å². The first-order valence-electron chi connectivity index (χ1n) is 4.37. The van der Waals surface area contributed by atoms with Gasteiger partial charge in [-0.05, 0) is 24.7 Å². The van der Waals surface area contributed by atoms with E-state index in [2.05, 4.69) is 13.8 Å². The first kappa shape index (κ1) is 8.06. The topological polar surface area (TPSA) is 20.2 Å². The summed E-state index contributed by atoms with van der Waals surface area (Å²) >= 11 is 0. The Bertz CT molecular complexity index is 105. The predicted molar refractivity (Wildman–Crippen MR) is 42.9 cm³/mol.